The zero-order valence-electron chi connectivity index (χ0n) is 10.5. The molecule has 0 aliphatic heterocycles. The molecule has 0 saturated heterocycles. The Kier molecular flexibility index (Phi) is 4.60. The van der Waals surface area contributed by atoms with Gasteiger partial charge in [-0.05, 0) is 12.8 Å². The van der Waals surface area contributed by atoms with Gasteiger partial charge in [0.15, 0.2) is 5.82 Å². The minimum absolute atomic E-state index is 0.0266. The quantitative estimate of drug-likeness (QED) is 0.701. The van der Waals surface area contributed by atoms with E-state index in [9.17, 15) is 4.79 Å². The summed E-state index contributed by atoms with van der Waals surface area (Å²) in [5, 5.41) is 0. The van der Waals surface area contributed by atoms with E-state index in [1.807, 2.05) is 4.90 Å². The first-order chi connectivity index (χ1) is 8.77. The predicted molar refractivity (Wildman–Crippen MR) is 71.6 cm³/mol. The molecule has 18 heavy (non-hydrogen) atoms. The molecule has 1 aromatic rings. The van der Waals surface area contributed by atoms with Crippen molar-refractivity contribution < 1.29 is 4.74 Å². The number of anilines is 1. The van der Waals surface area contributed by atoms with Crippen LogP contribution in [0, 0.1) is 0 Å². The number of hydrogen-bond donors (Lipinski definition) is 0. The van der Waals surface area contributed by atoms with Gasteiger partial charge in [-0.3, -0.25) is 4.79 Å². The third-order valence-corrected chi connectivity index (χ3v) is 3.18. The van der Waals surface area contributed by atoms with E-state index in [1.165, 1.54) is 0 Å². The molecule has 1 saturated carbocycles. The molecule has 0 radical (unpaired) electrons. The highest BCUT2D eigenvalue weighted by Gasteiger charge is 2.26. The molecule has 0 spiro atoms. The fourth-order valence-corrected chi connectivity index (χ4v) is 2.10. The van der Waals surface area contributed by atoms with Crippen LogP contribution in [0.5, 0.6) is 0 Å². The van der Waals surface area contributed by atoms with E-state index in [0.717, 1.165) is 12.8 Å². The van der Waals surface area contributed by atoms with Gasteiger partial charge in [-0.2, -0.15) is 0 Å². The summed E-state index contributed by atoms with van der Waals surface area (Å²) in [6, 6.07) is 0.361. The molecule has 2 rings (SSSR count). The standard InChI is InChI=1S/C12H18ClN3O2/c1-18-9-8-15(6-4-13)11-12(17)16(7-5-14-11)10-2-3-10/h5,7,10H,2-4,6,8-9H2,1H3. The van der Waals surface area contributed by atoms with Crippen LogP contribution in [0.25, 0.3) is 0 Å². The summed E-state index contributed by atoms with van der Waals surface area (Å²) >= 11 is 5.77. The number of methoxy groups -OCH3 is 1. The highest BCUT2D eigenvalue weighted by molar-refractivity contribution is 6.18. The molecule has 1 heterocycles. The average molecular weight is 272 g/mol. The van der Waals surface area contributed by atoms with Crippen molar-refractivity contribution in [2.24, 2.45) is 0 Å². The highest BCUT2D eigenvalue weighted by atomic mass is 35.5. The Hall–Kier alpha value is -1.07. The summed E-state index contributed by atoms with van der Waals surface area (Å²) in [6.45, 7) is 1.78. The van der Waals surface area contributed by atoms with Gasteiger partial charge in [0.05, 0.1) is 6.61 Å². The summed E-state index contributed by atoms with van der Waals surface area (Å²) in [5.41, 5.74) is -0.0266. The Labute approximate surface area is 111 Å². The van der Waals surface area contributed by atoms with Crippen LogP contribution in [0.1, 0.15) is 18.9 Å². The molecule has 0 bridgehead atoms. The minimum atomic E-state index is -0.0266. The first kappa shape index (κ1) is 13.4. The Morgan fingerprint density at radius 2 is 2.33 bits per heavy atom. The second kappa shape index (κ2) is 6.20. The smallest absolute Gasteiger partial charge is 0.293 e. The zero-order valence-corrected chi connectivity index (χ0v) is 11.3. The van der Waals surface area contributed by atoms with Crippen LogP contribution >= 0.6 is 11.6 Å². The maximum absolute atomic E-state index is 12.3. The fourth-order valence-electron chi connectivity index (χ4n) is 1.90. The Morgan fingerprint density at radius 1 is 1.56 bits per heavy atom. The van der Waals surface area contributed by atoms with Crippen LogP contribution in [-0.4, -0.2) is 42.2 Å². The van der Waals surface area contributed by atoms with E-state index in [0.29, 0.717) is 37.4 Å². The van der Waals surface area contributed by atoms with Gasteiger partial charge in [0.1, 0.15) is 0 Å². The van der Waals surface area contributed by atoms with Crippen molar-refractivity contribution in [3.8, 4) is 0 Å². The lowest BCUT2D eigenvalue weighted by Crippen LogP contribution is -2.36. The summed E-state index contributed by atoms with van der Waals surface area (Å²) in [6.07, 6.45) is 5.61. The maximum atomic E-state index is 12.3. The number of nitrogens with zero attached hydrogens (tertiary/aromatic N) is 3. The van der Waals surface area contributed by atoms with Gasteiger partial charge in [-0.25, -0.2) is 4.98 Å². The number of halogens is 1. The van der Waals surface area contributed by atoms with Gasteiger partial charge in [0.2, 0.25) is 0 Å². The van der Waals surface area contributed by atoms with Crippen molar-refractivity contribution in [1.29, 1.82) is 0 Å². The van der Waals surface area contributed by atoms with Crippen molar-refractivity contribution in [3.05, 3.63) is 22.7 Å². The molecule has 100 valence electrons. The van der Waals surface area contributed by atoms with Gasteiger partial charge in [-0.1, -0.05) is 0 Å². The molecule has 0 N–H and O–H groups in total. The van der Waals surface area contributed by atoms with Crippen molar-refractivity contribution in [1.82, 2.24) is 9.55 Å². The van der Waals surface area contributed by atoms with Gasteiger partial charge in [0, 0.05) is 44.5 Å². The largest absolute Gasteiger partial charge is 0.383 e. The Morgan fingerprint density at radius 3 is 2.94 bits per heavy atom. The molecule has 6 heteroatoms. The normalized spacial score (nSPS) is 14.8. The summed E-state index contributed by atoms with van der Waals surface area (Å²) in [4.78, 5) is 18.4. The van der Waals surface area contributed by atoms with Crippen LogP contribution in [-0.2, 0) is 4.74 Å². The van der Waals surface area contributed by atoms with Crippen molar-refractivity contribution >= 4 is 17.4 Å². The number of alkyl halides is 1. The summed E-state index contributed by atoms with van der Waals surface area (Å²) in [5.74, 6) is 0.936. The SMILES string of the molecule is COCCN(CCCl)c1nccn(C2CC2)c1=O. The van der Waals surface area contributed by atoms with Crippen LogP contribution in [0.3, 0.4) is 0 Å². The van der Waals surface area contributed by atoms with E-state index in [2.05, 4.69) is 4.98 Å². The molecule has 0 aromatic carbocycles. The van der Waals surface area contributed by atoms with E-state index in [-0.39, 0.29) is 5.56 Å². The second-order valence-corrected chi connectivity index (χ2v) is 4.74. The van der Waals surface area contributed by atoms with E-state index < -0.39 is 0 Å². The van der Waals surface area contributed by atoms with E-state index >= 15 is 0 Å². The third-order valence-electron chi connectivity index (χ3n) is 3.01. The monoisotopic (exact) mass is 271 g/mol. The van der Waals surface area contributed by atoms with E-state index in [4.69, 9.17) is 16.3 Å². The van der Waals surface area contributed by atoms with Crippen molar-refractivity contribution in [2.45, 2.75) is 18.9 Å². The van der Waals surface area contributed by atoms with Gasteiger partial charge in [0.25, 0.3) is 5.56 Å². The van der Waals surface area contributed by atoms with Gasteiger partial charge >= 0.3 is 0 Å². The molecule has 1 fully saturated rings. The summed E-state index contributed by atoms with van der Waals surface area (Å²) in [7, 11) is 1.64. The Bertz CT molecular complexity index is 445. The molecule has 0 unspecified atom stereocenters. The molecule has 1 aliphatic carbocycles. The van der Waals surface area contributed by atoms with Gasteiger partial charge < -0.3 is 14.2 Å². The maximum Gasteiger partial charge on any atom is 0.293 e. The lowest BCUT2D eigenvalue weighted by molar-refractivity contribution is 0.205. The minimum Gasteiger partial charge on any atom is -0.383 e. The second-order valence-electron chi connectivity index (χ2n) is 4.36. The number of hydrogen-bond acceptors (Lipinski definition) is 4. The lowest BCUT2D eigenvalue weighted by atomic mass is 10.4. The first-order valence-corrected chi connectivity index (χ1v) is 6.68. The molecule has 1 aromatic heterocycles. The molecular weight excluding hydrogens is 254 g/mol. The highest BCUT2D eigenvalue weighted by Crippen LogP contribution is 2.33. The first-order valence-electron chi connectivity index (χ1n) is 6.15. The summed E-state index contributed by atoms with van der Waals surface area (Å²) < 4.78 is 6.82. The van der Waals surface area contributed by atoms with Crippen molar-refractivity contribution in [3.63, 3.8) is 0 Å². The number of rotatable bonds is 7. The van der Waals surface area contributed by atoms with Crippen LogP contribution in [0.4, 0.5) is 5.82 Å². The number of ether oxygens (including phenoxy) is 1. The molecule has 1 aliphatic rings. The number of aromatic nitrogens is 2. The fraction of sp³-hybridized carbons (Fsp3) is 0.667. The molecule has 5 nitrogen and oxygen atoms in total. The molecule has 0 amide bonds. The van der Waals surface area contributed by atoms with Crippen LogP contribution < -0.4 is 10.5 Å². The molecular formula is C12H18ClN3O2. The molecule has 0 atom stereocenters. The van der Waals surface area contributed by atoms with Crippen LogP contribution in [0.2, 0.25) is 0 Å². The third kappa shape index (κ3) is 3.03. The van der Waals surface area contributed by atoms with Crippen LogP contribution in [0.15, 0.2) is 17.2 Å². The topological polar surface area (TPSA) is 47.4 Å². The van der Waals surface area contributed by atoms with Crippen molar-refractivity contribution in [2.75, 3.05) is 37.6 Å². The van der Waals surface area contributed by atoms with E-state index in [1.54, 1.807) is 24.1 Å². The average Bonchev–Trinajstić information content (AvgIpc) is 3.19. The zero-order chi connectivity index (χ0) is 13.0. The lowest BCUT2D eigenvalue weighted by Gasteiger charge is -2.22. The Balaban J connectivity index is 2.22. The van der Waals surface area contributed by atoms with Gasteiger partial charge in [-0.15, -0.1) is 11.6 Å². The predicted octanol–water partition coefficient (Wildman–Crippen LogP) is 1.27.